The van der Waals surface area contributed by atoms with Gasteiger partial charge in [0.05, 0.1) is 42.7 Å². The van der Waals surface area contributed by atoms with Gasteiger partial charge in [0, 0.05) is 0 Å². The molecule has 0 saturated carbocycles. The molecule has 0 bridgehead atoms. The van der Waals surface area contributed by atoms with E-state index in [-0.39, 0.29) is 12.5 Å². The molecular weight excluding hydrogens is 318 g/mol. The summed E-state index contributed by atoms with van der Waals surface area (Å²) in [6, 6.07) is 6.79. The third-order valence-electron chi connectivity index (χ3n) is 3.15. The van der Waals surface area contributed by atoms with E-state index in [1.165, 1.54) is 29.8 Å². The summed E-state index contributed by atoms with van der Waals surface area (Å²) in [5.41, 5.74) is 1.30. The zero-order valence-corrected chi connectivity index (χ0v) is 13.7. The number of carbonyl (C=O) groups excluding carboxylic acids is 3. The number of thioether (sulfide) groups is 1. The molecule has 0 aliphatic carbocycles. The van der Waals surface area contributed by atoms with E-state index in [9.17, 15) is 14.4 Å². The Kier molecular flexibility index (Phi) is 5.81. The van der Waals surface area contributed by atoms with Crippen LogP contribution in [0, 0.1) is 0 Å². The summed E-state index contributed by atoms with van der Waals surface area (Å²) < 4.78 is 9.52. The predicted octanol–water partition coefficient (Wildman–Crippen LogP) is 1.95. The van der Waals surface area contributed by atoms with E-state index in [2.05, 4.69) is 4.74 Å². The lowest BCUT2D eigenvalue weighted by Gasteiger charge is -2.17. The maximum absolute atomic E-state index is 12.0. The number of benzene rings is 1. The number of nitrogens with zero attached hydrogens (tertiary/aromatic N) is 1. The van der Waals surface area contributed by atoms with E-state index in [1.54, 1.807) is 31.2 Å². The van der Waals surface area contributed by atoms with Gasteiger partial charge in [0.1, 0.15) is 0 Å². The van der Waals surface area contributed by atoms with Crippen molar-refractivity contribution in [1.29, 1.82) is 0 Å². The van der Waals surface area contributed by atoms with Gasteiger partial charge in [-0.25, -0.2) is 9.59 Å². The van der Waals surface area contributed by atoms with E-state index in [4.69, 9.17) is 4.74 Å². The molecule has 1 aliphatic heterocycles. The minimum Gasteiger partial charge on any atom is -0.465 e. The van der Waals surface area contributed by atoms with E-state index in [0.717, 1.165) is 5.56 Å². The minimum atomic E-state index is -0.462. The highest BCUT2D eigenvalue weighted by Gasteiger charge is 2.27. The summed E-state index contributed by atoms with van der Waals surface area (Å²) in [5.74, 6) is -0.642. The van der Waals surface area contributed by atoms with Crippen LogP contribution in [0.4, 0.5) is 0 Å². The van der Waals surface area contributed by atoms with Crippen molar-refractivity contribution in [1.82, 2.24) is 4.90 Å². The average Bonchev–Trinajstić information content (AvgIpc) is 2.88. The first kappa shape index (κ1) is 17.1. The number of methoxy groups -OCH3 is 1. The fourth-order valence-corrected chi connectivity index (χ4v) is 2.96. The van der Waals surface area contributed by atoms with Crippen LogP contribution in [0.5, 0.6) is 0 Å². The molecule has 2 rings (SSSR count). The molecule has 1 saturated heterocycles. The molecule has 1 aromatic carbocycles. The smallest absolute Gasteiger partial charge is 0.337 e. The van der Waals surface area contributed by atoms with Gasteiger partial charge in [0.15, 0.2) is 0 Å². The van der Waals surface area contributed by atoms with Gasteiger partial charge in [0.2, 0.25) is 5.91 Å². The van der Waals surface area contributed by atoms with Crippen molar-refractivity contribution < 1.29 is 23.9 Å². The molecule has 0 unspecified atom stereocenters. The van der Waals surface area contributed by atoms with Crippen molar-refractivity contribution >= 4 is 29.6 Å². The molecule has 0 atom stereocenters. The molecule has 0 N–H and O–H groups in total. The third kappa shape index (κ3) is 4.35. The highest BCUT2D eigenvalue weighted by Crippen LogP contribution is 2.30. The normalized spacial score (nSPS) is 15.8. The summed E-state index contributed by atoms with van der Waals surface area (Å²) in [6.45, 7) is 2.35. The lowest BCUT2D eigenvalue weighted by molar-refractivity contribution is -0.137. The zero-order valence-electron chi connectivity index (χ0n) is 12.9. The van der Waals surface area contributed by atoms with Gasteiger partial charge in [-0.15, -0.1) is 0 Å². The zero-order chi connectivity index (χ0) is 16.8. The monoisotopic (exact) mass is 335 g/mol. The first-order chi connectivity index (χ1) is 11.0. The van der Waals surface area contributed by atoms with Crippen LogP contribution in [-0.4, -0.2) is 42.2 Å². The lowest BCUT2D eigenvalue weighted by Crippen LogP contribution is -2.24. The molecule has 0 aromatic heterocycles. The topological polar surface area (TPSA) is 72.9 Å². The van der Waals surface area contributed by atoms with Crippen molar-refractivity contribution in [3.05, 3.63) is 46.5 Å². The second-order valence-corrected chi connectivity index (χ2v) is 5.69. The Morgan fingerprint density at radius 3 is 2.61 bits per heavy atom. The molecule has 1 fully saturated rings. The van der Waals surface area contributed by atoms with Crippen molar-refractivity contribution in [3.63, 3.8) is 0 Å². The van der Waals surface area contributed by atoms with Gasteiger partial charge < -0.3 is 14.4 Å². The predicted molar refractivity (Wildman–Crippen MR) is 85.5 cm³/mol. The lowest BCUT2D eigenvalue weighted by atomic mass is 10.1. The van der Waals surface area contributed by atoms with Gasteiger partial charge >= 0.3 is 11.9 Å². The molecule has 1 amide bonds. The molecule has 122 valence electrons. The van der Waals surface area contributed by atoms with Gasteiger partial charge in [-0.2, -0.15) is 0 Å². The minimum absolute atomic E-state index is 0.0670. The molecule has 0 radical (unpaired) electrons. The van der Waals surface area contributed by atoms with Crippen LogP contribution in [0.15, 0.2) is 35.4 Å². The Morgan fingerprint density at radius 1 is 1.30 bits per heavy atom. The maximum Gasteiger partial charge on any atom is 0.337 e. The number of hydrogen-bond acceptors (Lipinski definition) is 6. The van der Waals surface area contributed by atoms with Crippen LogP contribution in [0.2, 0.25) is 0 Å². The quantitative estimate of drug-likeness (QED) is 0.605. The molecular formula is C16H17NO5S. The highest BCUT2D eigenvalue weighted by atomic mass is 32.2. The fraction of sp³-hybridized carbons (Fsp3) is 0.312. The van der Waals surface area contributed by atoms with Crippen molar-refractivity contribution in [2.24, 2.45) is 0 Å². The van der Waals surface area contributed by atoms with Gasteiger partial charge in [-0.05, 0) is 24.6 Å². The fourth-order valence-electron chi connectivity index (χ4n) is 2.03. The van der Waals surface area contributed by atoms with Gasteiger partial charge in [-0.3, -0.25) is 4.79 Å². The van der Waals surface area contributed by atoms with Gasteiger partial charge in [-0.1, -0.05) is 23.9 Å². The standard InChI is InChI=1S/C16H17NO5S/c1-3-22-15(19)8-14-17(13(18)10-23-14)9-11-4-6-12(7-5-11)16(20)21-2/h4-8H,3,9-10H2,1-2H3/b14-8+. The second-order valence-electron chi connectivity index (χ2n) is 4.69. The van der Waals surface area contributed by atoms with E-state index in [0.29, 0.717) is 22.9 Å². The van der Waals surface area contributed by atoms with Crippen LogP contribution >= 0.6 is 11.8 Å². The number of esters is 2. The number of hydrogen-bond donors (Lipinski definition) is 0. The first-order valence-electron chi connectivity index (χ1n) is 7.04. The summed E-state index contributed by atoms with van der Waals surface area (Å²) in [4.78, 5) is 36.5. The Labute approximate surface area is 138 Å². The molecule has 1 aromatic rings. The van der Waals surface area contributed by atoms with E-state index < -0.39 is 11.9 Å². The van der Waals surface area contributed by atoms with Crippen molar-refractivity contribution in [2.75, 3.05) is 19.5 Å². The summed E-state index contributed by atoms with van der Waals surface area (Å²) in [5, 5.41) is 0.575. The Balaban J connectivity index is 2.11. The molecule has 0 spiro atoms. The van der Waals surface area contributed by atoms with Crippen molar-refractivity contribution in [2.45, 2.75) is 13.5 Å². The van der Waals surface area contributed by atoms with Crippen LogP contribution in [0.25, 0.3) is 0 Å². The SMILES string of the molecule is CCOC(=O)/C=C1/SCC(=O)N1Cc1ccc(C(=O)OC)cc1. The summed E-state index contributed by atoms with van der Waals surface area (Å²) in [6.07, 6.45) is 1.34. The Morgan fingerprint density at radius 2 is 2.00 bits per heavy atom. The van der Waals surface area contributed by atoms with Crippen LogP contribution < -0.4 is 0 Å². The Bertz CT molecular complexity index is 638. The molecule has 1 heterocycles. The molecule has 7 heteroatoms. The van der Waals surface area contributed by atoms with Crippen LogP contribution in [0.1, 0.15) is 22.8 Å². The number of ether oxygens (including phenoxy) is 2. The first-order valence-corrected chi connectivity index (χ1v) is 8.02. The maximum atomic E-state index is 12.0. The van der Waals surface area contributed by atoms with Crippen LogP contribution in [0.3, 0.4) is 0 Å². The number of rotatable bonds is 5. The van der Waals surface area contributed by atoms with E-state index >= 15 is 0 Å². The average molecular weight is 335 g/mol. The van der Waals surface area contributed by atoms with Gasteiger partial charge in [0.25, 0.3) is 0 Å². The number of carbonyl (C=O) groups is 3. The summed E-state index contributed by atoms with van der Waals surface area (Å²) >= 11 is 1.31. The van der Waals surface area contributed by atoms with Crippen molar-refractivity contribution in [3.8, 4) is 0 Å². The molecule has 23 heavy (non-hydrogen) atoms. The largest absolute Gasteiger partial charge is 0.465 e. The Hall–Kier alpha value is -2.28. The third-order valence-corrected chi connectivity index (χ3v) is 4.18. The van der Waals surface area contributed by atoms with E-state index in [1.807, 2.05) is 0 Å². The van der Waals surface area contributed by atoms with Crippen LogP contribution in [-0.2, 0) is 25.6 Å². The summed E-state index contributed by atoms with van der Waals surface area (Å²) in [7, 11) is 1.32. The molecule has 6 nitrogen and oxygen atoms in total. The second kappa shape index (κ2) is 7.82. The molecule has 1 aliphatic rings. The number of amides is 1. The highest BCUT2D eigenvalue weighted by molar-refractivity contribution is 8.04.